The van der Waals surface area contributed by atoms with Gasteiger partial charge in [-0.05, 0) is 4.92 Å². The van der Waals surface area contributed by atoms with Crippen LogP contribution in [0.15, 0.2) is 12.3 Å². The maximum atomic E-state index is 10.7. The first kappa shape index (κ1) is 8.65. The fraction of sp³-hybridized carbons (Fsp3) is 0.250. The lowest BCUT2D eigenvalue weighted by molar-refractivity contribution is -0.389. The van der Waals surface area contributed by atoms with Gasteiger partial charge in [0.1, 0.15) is 0 Å². The molecule has 0 aromatic carbocycles. The molecule has 0 atom stereocenters. The Bertz CT molecular complexity index is 406. The quantitative estimate of drug-likeness (QED) is 0.468. The Balaban J connectivity index is 3.17. The fourth-order valence-corrected chi connectivity index (χ4v) is 1.09. The van der Waals surface area contributed by atoms with Crippen LogP contribution >= 0.6 is 0 Å². The number of hydrogen-bond donors (Lipinski definition) is 0. The van der Waals surface area contributed by atoms with Crippen LogP contribution in [-0.4, -0.2) is 28.8 Å². The van der Waals surface area contributed by atoms with Crippen molar-refractivity contribution in [1.29, 1.82) is 0 Å². The van der Waals surface area contributed by atoms with E-state index in [2.05, 4.69) is 5.10 Å². The molecular weight excluding hydrogens is 186 g/mol. The summed E-state index contributed by atoms with van der Waals surface area (Å²) < 4.78 is 22.0. The average molecular weight is 191 g/mol. The van der Waals surface area contributed by atoms with E-state index in [0.29, 0.717) is 4.09 Å². The Morgan fingerprint density at radius 2 is 2.25 bits per heavy atom. The van der Waals surface area contributed by atoms with Crippen molar-refractivity contribution in [3.05, 3.63) is 22.4 Å². The van der Waals surface area contributed by atoms with Crippen molar-refractivity contribution >= 4 is 15.8 Å². The first-order valence-electron chi connectivity index (χ1n) is 2.82. The third kappa shape index (κ3) is 1.59. The summed E-state index contributed by atoms with van der Waals surface area (Å²) in [5, 5.41) is 13.3. The van der Waals surface area contributed by atoms with Gasteiger partial charge < -0.3 is 10.1 Å². The summed E-state index contributed by atoms with van der Waals surface area (Å²) in [5.74, 6) is -0.486. The van der Waals surface area contributed by atoms with Gasteiger partial charge in [-0.2, -0.15) is 0 Å². The lowest BCUT2D eigenvalue weighted by Crippen LogP contribution is -2.10. The van der Waals surface area contributed by atoms with Crippen LogP contribution in [0.3, 0.4) is 0 Å². The maximum absolute atomic E-state index is 10.7. The highest BCUT2D eigenvalue weighted by Crippen LogP contribution is 2.06. The summed E-state index contributed by atoms with van der Waals surface area (Å²) in [7, 11) is -3.51. The molecule has 0 aliphatic heterocycles. The summed E-state index contributed by atoms with van der Waals surface area (Å²) in [6.07, 6.45) is 1.93. The third-order valence-electron chi connectivity index (χ3n) is 1.08. The highest BCUT2D eigenvalue weighted by molar-refractivity contribution is 7.89. The molecule has 0 amide bonds. The molecule has 0 aliphatic rings. The van der Waals surface area contributed by atoms with Gasteiger partial charge in [-0.15, -0.1) is 0 Å². The molecule has 0 aliphatic carbocycles. The Labute approximate surface area is 67.8 Å². The molecule has 8 heteroatoms. The molecule has 7 nitrogen and oxygen atoms in total. The van der Waals surface area contributed by atoms with Crippen molar-refractivity contribution in [3.63, 3.8) is 0 Å². The zero-order chi connectivity index (χ0) is 9.35. The van der Waals surface area contributed by atoms with Gasteiger partial charge in [-0.3, -0.25) is 0 Å². The van der Waals surface area contributed by atoms with E-state index < -0.39 is 20.8 Å². The Hall–Kier alpha value is -1.44. The monoisotopic (exact) mass is 191 g/mol. The Kier molecular flexibility index (Phi) is 1.84. The second-order valence-electron chi connectivity index (χ2n) is 2.07. The summed E-state index contributed by atoms with van der Waals surface area (Å²) in [4.78, 5) is 9.31. The van der Waals surface area contributed by atoms with Gasteiger partial charge in [0.2, 0.25) is 0 Å². The van der Waals surface area contributed by atoms with Gasteiger partial charge >= 0.3 is 5.82 Å². The summed E-state index contributed by atoms with van der Waals surface area (Å²) in [5.41, 5.74) is 0. The molecule has 1 rings (SSSR count). The van der Waals surface area contributed by atoms with Gasteiger partial charge in [0.05, 0.1) is 23.6 Å². The number of nitrogens with zero attached hydrogens (tertiary/aromatic N) is 3. The molecule has 0 saturated heterocycles. The lowest BCUT2D eigenvalue weighted by Gasteiger charge is -1.87. The summed E-state index contributed by atoms with van der Waals surface area (Å²) in [6, 6.07) is 1.01. The molecule has 0 fully saturated rings. The van der Waals surface area contributed by atoms with Gasteiger partial charge in [0.15, 0.2) is 0 Å². The molecule has 0 saturated carbocycles. The van der Waals surface area contributed by atoms with Crippen LogP contribution in [0, 0.1) is 10.1 Å². The van der Waals surface area contributed by atoms with E-state index >= 15 is 0 Å². The molecule has 12 heavy (non-hydrogen) atoms. The molecule has 66 valence electrons. The van der Waals surface area contributed by atoms with E-state index in [9.17, 15) is 18.5 Å². The number of nitro groups is 1. The molecule has 1 aromatic rings. The van der Waals surface area contributed by atoms with E-state index in [1.165, 1.54) is 0 Å². The highest BCUT2D eigenvalue weighted by Gasteiger charge is 2.16. The van der Waals surface area contributed by atoms with E-state index in [1.54, 1.807) is 0 Å². The van der Waals surface area contributed by atoms with Crippen LogP contribution in [-0.2, 0) is 10.0 Å². The van der Waals surface area contributed by atoms with E-state index in [0.717, 1.165) is 18.5 Å². The van der Waals surface area contributed by atoms with Crippen LogP contribution in [0.2, 0.25) is 0 Å². The molecule has 0 unspecified atom stereocenters. The van der Waals surface area contributed by atoms with Crippen molar-refractivity contribution in [3.8, 4) is 0 Å². The van der Waals surface area contributed by atoms with Gasteiger partial charge in [0, 0.05) is 0 Å². The fourth-order valence-electron chi connectivity index (χ4n) is 0.580. The Morgan fingerprint density at radius 3 is 2.50 bits per heavy atom. The third-order valence-corrected chi connectivity index (χ3v) is 1.96. The zero-order valence-corrected chi connectivity index (χ0v) is 6.85. The predicted octanol–water partition coefficient (Wildman–Crippen LogP) is -0.401. The van der Waals surface area contributed by atoms with Crippen LogP contribution in [0.4, 0.5) is 5.82 Å². The molecule has 1 heterocycles. The summed E-state index contributed by atoms with van der Waals surface area (Å²) in [6.45, 7) is 0. The molecule has 0 radical (unpaired) electrons. The predicted molar refractivity (Wildman–Crippen MR) is 39.1 cm³/mol. The van der Waals surface area contributed by atoms with Crippen LogP contribution in [0.5, 0.6) is 0 Å². The van der Waals surface area contributed by atoms with Crippen molar-refractivity contribution in [2.75, 3.05) is 6.26 Å². The van der Waals surface area contributed by atoms with Gasteiger partial charge in [-0.25, -0.2) is 8.42 Å². The topological polar surface area (TPSA) is 95.1 Å². The minimum absolute atomic E-state index is 0.486. The molecular formula is C4H5N3O4S. The second kappa shape index (κ2) is 2.55. The van der Waals surface area contributed by atoms with Crippen LogP contribution in [0.25, 0.3) is 0 Å². The lowest BCUT2D eigenvalue weighted by atomic mass is 10.7. The van der Waals surface area contributed by atoms with E-state index in [-0.39, 0.29) is 0 Å². The highest BCUT2D eigenvalue weighted by atomic mass is 32.2. The van der Waals surface area contributed by atoms with E-state index in [1.807, 2.05) is 0 Å². The summed E-state index contributed by atoms with van der Waals surface area (Å²) >= 11 is 0. The van der Waals surface area contributed by atoms with Crippen LogP contribution in [0.1, 0.15) is 0 Å². The molecule has 1 aromatic heterocycles. The molecule has 0 N–H and O–H groups in total. The molecule has 0 spiro atoms. The second-order valence-corrected chi connectivity index (χ2v) is 3.91. The van der Waals surface area contributed by atoms with Crippen molar-refractivity contribution in [1.82, 2.24) is 9.19 Å². The first-order chi connectivity index (χ1) is 5.41. The normalized spacial score (nSPS) is 11.4. The number of aromatic nitrogens is 2. The number of rotatable bonds is 2. The first-order valence-corrected chi connectivity index (χ1v) is 4.67. The maximum Gasteiger partial charge on any atom is 0.391 e. The van der Waals surface area contributed by atoms with Crippen LogP contribution < -0.4 is 0 Å². The minimum atomic E-state index is -3.51. The SMILES string of the molecule is CS(=O)(=O)n1ccc([N+](=O)[O-])n1. The molecule has 0 bridgehead atoms. The average Bonchev–Trinajstić information content (AvgIpc) is 2.30. The smallest absolute Gasteiger partial charge is 0.358 e. The van der Waals surface area contributed by atoms with E-state index in [4.69, 9.17) is 0 Å². The van der Waals surface area contributed by atoms with Gasteiger partial charge in [0.25, 0.3) is 10.0 Å². The Morgan fingerprint density at radius 1 is 1.67 bits per heavy atom. The van der Waals surface area contributed by atoms with Crippen molar-refractivity contribution < 1.29 is 13.3 Å². The van der Waals surface area contributed by atoms with Gasteiger partial charge in [-0.1, -0.05) is 4.09 Å². The minimum Gasteiger partial charge on any atom is -0.358 e. The van der Waals surface area contributed by atoms with Crippen molar-refractivity contribution in [2.45, 2.75) is 0 Å². The number of hydrogen-bond acceptors (Lipinski definition) is 5. The largest absolute Gasteiger partial charge is 0.391 e. The standard InChI is InChI=1S/C4H5N3O4S/c1-12(10,11)6-3-2-4(5-6)7(8)9/h2-3H,1H3. The zero-order valence-electron chi connectivity index (χ0n) is 6.04. The van der Waals surface area contributed by atoms with Crippen molar-refractivity contribution in [2.24, 2.45) is 0 Å².